The molecular weight excluding hydrogens is 817 g/mol. The normalized spacial score (nSPS) is 19.1. The number of fused-ring (bicyclic) bond motifs is 12. The van der Waals surface area contributed by atoms with E-state index in [4.69, 9.17) is 0 Å². The van der Waals surface area contributed by atoms with E-state index in [-0.39, 0.29) is 32.5 Å². The van der Waals surface area contributed by atoms with E-state index in [0.29, 0.717) is 0 Å². The molecule has 0 unspecified atom stereocenters. The molecule has 0 heterocycles. The van der Waals surface area contributed by atoms with E-state index in [9.17, 15) is 0 Å². The Labute approximate surface area is 412 Å². The van der Waals surface area contributed by atoms with Crippen molar-refractivity contribution >= 4 is 33.4 Å². The highest BCUT2D eigenvalue weighted by Crippen LogP contribution is 2.65. The molecule has 0 saturated heterocycles. The van der Waals surface area contributed by atoms with E-state index in [1.54, 1.807) is 33.4 Å². The minimum atomic E-state index is 0.0978. The maximum Gasteiger partial charge on any atom is 0.0162 e. The lowest BCUT2D eigenvalue weighted by molar-refractivity contribution is 0.693. The van der Waals surface area contributed by atoms with Gasteiger partial charge >= 0.3 is 0 Å². The van der Waals surface area contributed by atoms with Crippen LogP contribution in [0, 0.1) is 20.8 Å². The van der Waals surface area contributed by atoms with Crippen LogP contribution in [0.3, 0.4) is 0 Å². The van der Waals surface area contributed by atoms with Gasteiger partial charge in [-0.3, -0.25) is 0 Å². The van der Waals surface area contributed by atoms with Crippen molar-refractivity contribution in [2.45, 2.75) is 170 Å². The molecule has 68 heavy (non-hydrogen) atoms. The van der Waals surface area contributed by atoms with Crippen molar-refractivity contribution in [3.05, 3.63) is 211 Å². The zero-order chi connectivity index (χ0) is 49.7. The maximum atomic E-state index is 2.38. The fourth-order valence-electron chi connectivity index (χ4n) is 13.4. The van der Waals surface area contributed by atoms with Crippen molar-refractivity contribution in [2.24, 2.45) is 0 Å². The van der Waals surface area contributed by atoms with Gasteiger partial charge in [0, 0.05) is 32.5 Å². The van der Waals surface area contributed by atoms with E-state index >= 15 is 0 Å². The fraction of sp³-hybridized carbons (Fsp3) is 0.382. The zero-order valence-corrected chi connectivity index (χ0v) is 45.3. The molecule has 0 heteroatoms. The van der Waals surface area contributed by atoms with Crippen LogP contribution in [-0.2, 0) is 32.5 Å². The van der Waals surface area contributed by atoms with Gasteiger partial charge in [0.05, 0.1) is 0 Å². The number of rotatable bonds is 0. The Morgan fingerprint density at radius 2 is 0.441 bits per heavy atom. The van der Waals surface area contributed by atoms with Crippen LogP contribution in [0.4, 0.5) is 0 Å². The van der Waals surface area contributed by atoms with Gasteiger partial charge in [0.15, 0.2) is 0 Å². The third-order valence-electron chi connectivity index (χ3n) is 16.5. The van der Waals surface area contributed by atoms with E-state index in [1.165, 1.54) is 89.9 Å². The van der Waals surface area contributed by atoms with Gasteiger partial charge in [-0.2, -0.15) is 0 Å². The Hall–Kier alpha value is -5.46. The molecule has 0 bridgehead atoms. The highest BCUT2D eigenvalue weighted by Gasteiger charge is 2.52. The standard InChI is InChI=1S/3C21H22.C3H8.C2H6/c3*1-13-10-11-15-17(12-13)21(4,5)18-14-8-6-7-9-16(14)20(2,3)19(15)18;1-3-2;1-2/h3*6-12H,1-5H3;3H2,1-2H3;1-2H3. The first kappa shape index (κ1) is 49.0. The van der Waals surface area contributed by atoms with Gasteiger partial charge < -0.3 is 0 Å². The van der Waals surface area contributed by atoms with Crippen LogP contribution in [-0.4, -0.2) is 0 Å². The first-order valence-corrected chi connectivity index (χ1v) is 25.9. The summed E-state index contributed by atoms with van der Waals surface area (Å²) >= 11 is 0. The highest BCUT2D eigenvalue weighted by atomic mass is 14.5. The average molecular weight is 897 g/mol. The monoisotopic (exact) mass is 897 g/mol. The molecule has 6 aromatic rings. The second-order valence-corrected chi connectivity index (χ2v) is 23.5. The SMILES string of the molecule is CC.CCC.Cc1ccc2c(c1)C(C)(C)C1=C2C(C)(C)c2ccccc21.Cc1ccc2c(c1)C(C)(C)C1=C2C(C)(C)c2ccccc21.Cc1ccc2c(c1)C(C)(C)C1=C2C(C)(C)c2ccccc21. The molecule has 12 rings (SSSR count). The molecule has 0 amide bonds. The lowest BCUT2D eigenvalue weighted by Gasteiger charge is -2.28. The molecule has 6 aliphatic rings. The number of hydrogen-bond donors (Lipinski definition) is 0. The first-order chi connectivity index (χ1) is 32.0. The van der Waals surface area contributed by atoms with Crippen molar-refractivity contribution in [1.82, 2.24) is 0 Å². The second kappa shape index (κ2) is 16.9. The Kier molecular flexibility index (Phi) is 12.2. The third kappa shape index (κ3) is 7.04. The number of allylic oxidation sites excluding steroid dienone is 6. The summed E-state index contributed by atoms with van der Waals surface area (Å²) in [5.41, 5.74) is 31.6. The van der Waals surface area contributed by atoms with Gasteiger partial charge in [-0.25, -0.2) is 0 Å². The smallest absolute Gasteiger partial charge is 0.0162 e. The number of hydrogen-bond acceptors (Lipinski definition) is 0. The van der Waals surface area contributed by atoms with Crippen LogP contribution in [0.15, 0.2) is 127 Å². The molecule has 0 aliphatic heterocycles. The Morgan fingerprint density at radius 1 is 0.265 bits per heavy atom. The molecule has 0 aromatic heterocycles. The first-order valence-electron chi connectivity index (χ1n) is 25.9. The van der Waals surface area contributed by atoms with Gasteiger partial charge in [-0.15, -0.1) is 0 Å². The molecule has 0 fully saturated rings. The minimum absolute atomic E-state index is 0.0978. The molecule has 0 radical (unpaired) electrons. The summed E-state index contributed by atoms with van der Waals surface area (Å²) in [6.07, 6.45) is 1.25. The summed E-state index contributed by atoms with van der Waals surface area (Å²) in [6, 6.07) is 47.8. The fourth-order valence-corrected chi connectivity index (χ4v) is 13.4. The van der Waals surface area contributed by atoms with Crippen LogP contribution >= 0.6 is 0 Å². The van der Waals surface area contributed by atoms with Gasteiger partial charge in [-0.1, -0.05) is 261 Å². The van der Waals surface area contributed by atoms with Gasteiger partial charge in [0.25, 0.3) is 0 Å². The number of aryl methyl sites for hydroxylation is 3. The van der Waals surface area contributed by atoms with E-state index in [0.717, 1.165) is 0 Å². The van der Waals surface area contributed by atoms with E-state index < -0.39 is 0 Å². The zero-order valence-electron chi connectivity index (χ0n) is 45.3. The molecule has 6 aliphatic carbocycles. The minimum Gasteiger partial charge on any atom is -0.0683 e. The second-order valence-electron chi connectivity index (χ2n) is 23.5. The van der Waals surface area contributed by atoms with E-state index in [2.05, 4.69) is 245 Å². The van der Waals surface area contributed by atoms with Crippen molar-refractivity contribution in [3.8, 4) is 0 Å². The lowest BCUT2D eigenvalue weighted by atomic mass is 9.75. The highest BCUT2D eigenvalue weighted by molar-refractivity contribution is 6.11. The van der Waals surface area contributed by atoms with Crippen molar-refractivity contribution < 1.29 is 0 Å². The summed E-state index contributed by atoms with van der Waals surface area (Å²) < 4.78 is 0. The molecule has 6 aromatic carbocycles. The van der Waals surface area contributed by atoms with Crippen molar-refractivity contribution in [1.29, 1.82) is 0 Å². The van der Waals surface area contributed by atoms with Crippen molar-refractivity contribution in [2.75, 3.05) is 0 Å². The van der Waals surface area contributed by atoms with Crippen LogP contribution < -0.4 is 0 Å². The summed E-state index contributed by atoms with van der Waals surface area (Å²) in [5.74, 6) is 0. The molecule has 0 nitrogen and oxygen atoms in total. The Morgan fingerprint density at radius 3 is 0.662 bits per heavy atom. The molecule has 0 atom stereocenters. The van der Waals surface area contributed by atoms with E-state index in [1.807, 2.05) is 13.8 Å². The van der Waals surface area contributed by atoms with Crippen molar-refractivity contribution in [3.63, 3.8) is 0 Å². The molecule has 0 saturated carbocycles. The molecular formula is C68H80. The Bertz CT molecular complexity index is 2750. The summed E-state index contributed by atoms with van der Waals surface area (Å²) in [7, 11) is 0. The van der Waals surface area contributed by atoms with Crippen LogP contribution in [0.2, 0.25) is 0 Å². The predicted molar refractivity (Wildman–Crippen MR) is 299 cm³/mol. The average Bonchev–Trinajstić information content (AvgIpc) is 4.01. The van der Waals surface area contributed by atoms with Gasteiger partial charge in [0.2, 0.25) is 0 Å². The molecule has 0 spiro atoms. The topological polar surface area (TPSA) is 0 Å². The Balaban J connectivity index is 0.000000131. The predicted octanol–water partition coefficient (Wildman–Crippen LogP) is 18.9. The van der Waals surface area contributed by atoms with Gasteiger partial charge in [-0.05, 0) is 121 Å². The third-order valence-corrected chi connectivity index (χ3v) is 16.5. The molecule has 352 valence electrons. The largest absolute Gasteiger partial charge is 0.0683 e. The summed E-state index contributed by atoms with van der Waals surface area (Å²) in [4.78, 5) is 0. The lowest BCUT2D eigenvalue weighted by Crippen LogP contribution is -2.19. The quantitative estimate of drug-likeness (QED) is 0.143. The summed E-state index contributed by atoms with van der Waals surface area (Å²) in [5, 5.41) is 0. The maximum absolute atomic E-state index is 2.38. The van der Waals surface area contributed by atoms with Crippen LogP contribution in [0.5, 0.6) is 0 Å². The molecule has 0 N–H and O–H groups in total. The number of benzene rings is 6. The van der Waals surface area contributed by atoms with Gasteiger partial charge in [0.1, 0.15) is 0 Å². The summed E-state index contributed by atoms with van der Waals surface area (Å²) in [6.45, 7) is 43.4. The van der Waals surface area contributed by atoms with Crippen LogP contribution in [0.25, 0.3) is 33.4 Å². The van der Waals surface area contributed by atoms with Crippen LogP contribution in [0.1, 0.15) is 201 Å².